The van der Waals surface area contributed by atoms with E-state index in [2.05, 4.69) is 24.0 Å². The maximum absolute atomic E-state index is 12.9. The minimum absolute atomic E-state index is 0.000312. The first-order valence-corrected chi connectivity index (χ1v) is 9.20. The molecule has 4 nitrogen and oxygen atoms in total. The normalized spacial score (nSPS) is 11.0. The zero-order valence-electron chi connectivity index (χ0n) is 14.6. The number of thiophene rings is 1. The maximum atomic E-state index is 12.9. The van der Waals surface area contributed by atoms with Crippen LogP contribution in [0, 0.1) is 6.92 Å². The smallest absolute Gasteiger partial charge is 0.271 e. The molecule has 26 heavy (non-hydrogen) atoms. The second kappa shape index (κ2) is 6.77. The van der Waals surface area contributed by atoms with Gasteiger partial charge in [-0.25, -0.2) is 4.98 Å². The first kappa shape index (κ1) is 16.5. The van der Waals surface area contributed by atoms with Crippen LogP contribution in [-0.4, -0.2) is 16.7 Å². The number of aryl methyl sites for hydroxylation is 1. The van der Waals surface area contributed by atoms with Crippen LogP contribution in [0.5, 0.6) is 5.75 Å². The van der Waals surface area contributed by atoms with E-state index in [0.717, 1.165) is 28.0 Å². The predicted molar refractivity (Wildman–Crippen MR) is 106 cm³/mol. The highest BCUT2D eigenvalue weighted by Gasteiger charge is 2.13. The summed E-state index contributed by atoms with van der Waals surface area (Å²) in [5, 5.41) is 2.00. The van der Waals surface area contributed by atoms with Gasteiger partial charge in [-0.15, -0.1) is 11.3 Å². The highest BCUT2D eigenvalue weighted by molar-refractivity contribution is 7.17. The summed E-state index contributed by atoms with van der Waals surface area (Å²) in [6.07, 6.45) is 1.64. The van der Waals surface area contributed by atoms with Crippen molar-refractivity contribution in [1.82, 2.24) is 9.55 Å². The molecule has 0 atom stereocenters. The summed E-state index contributed by atoms with van der Waals surface area (Å²) in [6.45, 7) is 2.58. The van der Waals surface area contributed by atoms with Gasteiger partial charge in [-0.1, -0.05) is 42.0 Å². The molecule has 0 radical (unpaired) electrons. The number of aromatic nitrogens is 2. The van der Waals surface area contributed by atoms with Crippen LogP contribution in [0.3, 0.4) is 0 Å². The van der Waals surface area contributed by atoms with Gasteiger partial charge in [-0.05, 0) is 30.2 Å². The number of rotatable bonds is 4. The molecule has 2 aromatic heterocycles. The van der Waals surface area contributed by atoms with Crippen LogP contribution < -0.4 is 10.3 Å². The zero-order chi connectivity index (χ0) is 18.1. The minimum Gasteiger partial charge on any atom is -0.497 e. The molecule has 0 fully saturated rings. The van der Waals surface area contributed by atoms with Crippen LogP contribution in [-0.2, 0) is 6.54 Å². The summed E-state index contributed by atoms with van der Waals surface area (Å²) in [5.74, 6) is 0.807. The Labute approximate surface area is 155 Å². The number of benzene rings is 2. The van der Waals surface area contributed by atoms with Crippen molar-refractivity contribution in [2.75, 3.05) is 7.11 Å². The zero-order valence-corrected chi connectivity index (χ0v) is 15.4. The molecule has 0 unspecified atom stereocenters. The predicted octanol–water partition coefficient (Wildman–Crippen LogP) is 4.49. The van der Waals surface area contributed by atoms with Crippen molar-refractivity contribution in [3.63, 3.8) is 0 Å². The lowest BCUT2D eigenvalue weighted by molar-refractivity contribution is 0.415. The molecule has 0 saturated carbocycles. The van der Waals surface area contributed by atoms with Crippen LogP contribution >= 0.6 is 11.3 Å². The fourth-order valence-electron chi connectivity index (χ4n) is 2.92. The van der Waals surface area contributed by atoms with E-state index in [0.29, 0.717) is 11.2 Å². The number of ether oxygens (including phenoxy) is 1. The largest absolute Gasteiger partial charge is 0.497 e. The molecule has 0 aliphatic rings. The standard InChI is InChI=1S/C21H18N2O2S/c1-14-3-5-15(6-4-14)11-23-13-22-19-18(12-26-20(19)21(23)24)16-7-9-17(25-2)10-8-16/h3-10,12-13H,11H2,1-2H3. The molecule has 4 rings (SSSR count). The highest BCUT2D eigenvalue weighted by Crippen LogP contribution is 2.31. The summed E-state index contributed by atoms with van der Waals surface area (Å²) in [7, 11) is 1.65. The molecule has 0 aliphatic heterocycles. The molecule has 0 amide bonds. The summed E-state index contributed by atoms with van der Waals surface area (Å²) < 4.78 is 7.56. The third-order valence-electron chi connectivity index (χ3n) is 4.42. The van der Waals surface area contributed by atoms with Crippen LogP contribution in [0.2, 0.25) is 0 Å². The van der Waals surface area contributed by atoms with Crippen molar-refractivity contribution >= 4 is 21.6 Å². The lowest BCUT2D eigenvalue weighted by Crippen LogP contribution is -2.20. The van der Waals surface area contributed by atoms with Crippen molar-refractivity contribution in [2.24, 2.45) is 0 Å². The Balaban J connectivity index is 1.72. The van der Waals surface area contributed by atoms with Gasteiger partial charge in [0.1, 0.15) is 10.4 Å². The number of fused-ring (bicyclic) bond motifs is 1. The lowest BCUT2D eigenvalue weighted by atomic mass is 10.1. The van der Waals surface area contributed by atoms with Gasteiger partial charge in [0.2, 0.25) is 0 Å². The molecular weight excluding hydrogens is 344 g/mol. The van der Waals surface area contributed by atoms with Gasteiger partial charge >= 0.3 is 0 Å². The Morgan fingerprint density at radius 1 is 1.08 bits per heavy atom. The fourth-order valence-corrected chi connectivity index (χ4v) is 3.90. The Bertz CT molecular complexity index is 1110. The average molecular weight is 362 g/mol. The van der Waals surface area contributed by atoms with Gasteiger partial charge in [-0.3, -0.25) is 9.36 Å². The molecule has 0 bridgehead atoms. The molecule has 2 heterocycles. The highest BCUT2D eigenvalue weighted by atomic mass is 32.1. The van der Waals surface area contributed by atoms with Crippen molar-refractivity contribution in [1.29, 1.82) is 0 Å². The molecule has 2 aromatic carbocycles. The summed E-state index contributed by atoms with van der Waals surface area (Å²) >= 11 is 1.45. The number of methoxy groups -OCH3 is 1. The fraction of sp³-hybridized carbons (Fsp3) is 0.143. The van der Waals surface area contributed by atoms with Crippen molar-refractivity contribution in [3.05, 3.63) is 81.7 Å². The van der Waals surface area contributed by atoms with E-state index in [-0.39, 0.29) is 5.56 Å². The molecule has 0 N–H and O–H groups in total. The van der Waals surface area contributed by atoms with E-state index < -0.39 is 0 Å². The monoisotopic (exact) mass is 362 g/mol. The van der Waals surface area contributed by atoms with Crippen molar-refractivity contribution < 1.29 is 4.74 Å². The van der Waals surface area contributed by atoms with Gasteiger partial charge in [0.05, 0.1) is 25.5 Å². The topological polar surface area (TPSA) is 44.1 Å². The average Bonchev–Trinajstić information content (AvgIpc) is 3.11. The molecule has 0 spiro atoms. The number of hydrogen-bond acceptors (Lipinski definition) is 4. The Morgan fingerprint density at radius 3 is 2.50 bits per heavy atom. The van der Waals surface area contributed by atoms with Crippen molar-refractivity contribution in [2.45, 2.75) is 13.5 Å². The van der Waals surface area contributed by atoms with Crippen molar-refractivity contribution in [3.8, 4) is 16.9 Å². The first-order valence-electron chi connectivity index (χ1n) is 8.32. The Kier molecular flexibility index (Phi) is 4.31. The lowest BCUT2D eigenvalue weighted by Gasteiger charge is -2.06. The van der Waals surface area contributed by atoms with E-state index in [1.54, 1.807) is 18.0 Å². The van der Waals surface area contributed by atoms with Crippen LogP contribution in [0.15, 0.2) is 65.0 Å². The van der Waals surface area contributed by atoms with Gasteiger partial charge in [0, 0.05) is 10.9 Å². The van der Waals surface area contributed by atoms with E-state index >= 15 is 0 Å². The number of hydrogen-bond donors (Lipinski definition) is 0. The SMILES string of the molecule is COc1ccc(-c2csc3c(=O)n(Cc4ccc(C)cc4)cnc23)cc1. The quantitative estimate of drug-likeness (QED) is 0.537. The van der Waals surface area contributed by atoms with Crippen LogP contribution in [0.1, 0.15) is 11.1 Å². The Hall–Kier alpha value is -2.92. The molecule has 0 saturated heterocycles. The van der Waals surface area contributed by atoms with E-state index in [1.807, 2.05) is 41.8 Å². The summed E-state index contributed by atoms with van der Waals surface area (Å²) in [6, 6.07) is 16.0. The van der Waals surface area contributed by atoms with Gasteiger partial charge in [0.15, 0.2) is 0 Å². The number of nitrogens with zero attached hydrogens (tertiary/aromatic N) is 2. The second-order valence-corrected chi connectivity index (χ2v) is 7.10. The van der Waals surface area contributed by atoms with Gasteiger partial charge in [-0.2, -0.15) is 0 Å². The van der Waals surface area contributed by atoms with Crippen LogP contribution in [0.25, 0.3) is 21.3 Å². The summed E-state index contributed by atoms with van der Waals surface area (Å²) in [5.41, 5.74) is 5.06. The molecular formula is C21H18N2O2S. The molecule has 4 aromatic rings. The Morgan fingerprint density at radius 2 is 1.81 bits per heavy atom. The first-order chi connectivity index (χ1) is 12.7. The third-order valence-corrected chi connectivity index (χ3v) is 5.38. The summed E-state index contributed by atoms with van der Waals surface area (Å²) in [4.78, 5) is 17.4. The molecule has 5 heteroatoms. The molecule has 130 valence electrons. The second-order valence-electron chi connectivity index (χ2n) is 6.22. The van der Waals surface area contributed by atoms with Gasteiger partial charge < -0.3 is 4.74 Å². The molecule has 0 aliphatic carbocycles. The van der Waals surface area contributed by atoms with E-state index in [9.17, 15) is 4.79 Å². The third kappa shape index (κ3) is 3.02. The van der Waals surface area contributed by atoms with E-state index in [1.165, 1.54) is 16.9 Å². The minimum atomic E-state index is 0.000312. The maximum Gasteiger partial charge on any atom is 0.271 e. The van der Waals surface area contributed by atoms with Crippen LogP contribution in [0.4, 0.5) is 0 Å². The van der Waals surface area contributed by atoms with Gasteiger partial charge in [0.25, 0.3) is 5.56 Å². The van der Waals surface area contributed by atoms with E-state index in [4.69, 9.17) is 4.74 Å².